The van der Waals surface area contributed by atoms with E-state index in [2.05, 4.69) is 28.3 Å². The number of halogens is 1. The van der Waals surface area contributed by atoms with Crippen molar-refractivity contribution < 1.29 is 4.74 Å². The topological polar surface area (TPSA) is 9.23 Å². The van der Waals surface area contributed by atoms with Gasteiger partial charge in [0.15, 0.2) is 0 Å². The Morgan fingerprint density at radius 1 is 1.43 bits per heavy atom. The van der Waals surface area contributed by atoms with Crippen LogP contribution in [-0.2, 0) is 0 Å². The molecule has 0 atom stereocenters. The maximum absolute atomic E-state index is 5.89. The molecule has 1 aromatic rings. The van der Waals surface area contributed by atoms with Crippen LogP contribution in [0.3, 0.4) is 0 Å². The van der Waals surface area contributed by atoms with Crippen LogP contribution in [0, 0.1) is 0 Å². The van der Waals surface area contributed by atoms with E-state index >= 15 is 0 Å². The van der Waals surface area contributed by atoms with Gasteiger partial charge >= 0.3 is 0 Å². The summed E-state index contributed by atoms with van der Waals surface area (Å²) in [7, 11) is 0. The zero-order valence-electron chi connectivity index (χ0n) is 8.13. The predicted molar refractivity (Wildman–Crippen MR) is 64.2 cm³/mol. The molecule has 0 spiro atoms. The lowest BCUT2D eigenvalue weighted by atomic mass is 9.96. The Hall–Kier alpha value is -0.150. The minimum absolute atomic E-state index is 0.460. The van der Waals surface area contributed by atoms with E-state index in [1.54, 1.807) is 11.8 Å². The van der Waals surface area contributed by atoms with Crippen LogP contribution >= 0.6 is 27.7 Å². The second-order valence-corrected chi connectivity index (χ2v) is 5.23. The zero-order valence-corrected chi connectivity index (χ0v) is 10.5. The lowest BCUT2D eigenvalue weighted by molar-refractivity contribution is 0.117. The summed E-state index contributed by atoms with van der Waals surface area (Å²) in [5.74, 6) is 1.03. The van der Waals surface area contributed by atoms with Crippen LogP contribution in [0.4, 0.5) is 0 Å². The second-order valence-electron chi connectivity index (χ2n) is 3.47. The van der Waals surface area contributed by atoms with Crippen LogP contribution < -0.4 is 4.74 Å². The molecule has 1 nitrogen and oxygen atoms in total. The number of hydrogen-bond acceptors (Lipinski definition) is 2. The van der Waals surface area contributed by atoms with Gasteiger partial charge in [0.1, 0.15) is 5.75 Å². The molecule has 1 aliphatic carbocycles. The molecule has 0 N–H and O–H groups in total. The molecule has 1 aliphatic rings. The molecular weight excluding hydrogens is 260 g/mol. The molecular formula is C11H13BrOS. The van der Waals surface area contributed by atoms with E-state index in [1.165, 1.54) is 24.2 Å². The Balaban J connectivity index is 2.14. The maximum atomic E-state index is 5.89. The molecule has 2 rings (SSSR count). The molecule has 0 unspecified atom stereocenters. The van der Waals surface area contributed by atoms with E-state index in [-0.39, 0.29) is 0 Å². The van der Waals surface area contributed by atoms with E-state index in [1.807, 2.05) is 12.1 Å². The molecule has 1 saturated carbocycles. The summed E-state index contributed by atoms with van der Waals surface area (Å²) < 4.78 is 7.00. The van der Waals surface area contributed by atoms with Crippen LogP contribution in [0.2, 0.25) is 0 Å². The van der Waals surface area contributed by atoms with Gasteiger partial charge in [-0.05, 0) is 43.7 Å². The fraction of sp³-hybridized carbons (Fsp3) is 0.455. The fourth-order valence-electron chi connectivity index (χ4n) is 1.41. The SMILES string of the molecule is CSc1cc(Br)ccc1OC1CCC1. The van der Waals surface area contributed by atoms with Gasteiger partial charge in [0, 0.05) is 4.47 Å². The van der Waals surface area contributed by atoms with Crippen molar-refractivity contribution in [3.05, 3.63) is 22.7 Å². The first kappa shape index (κ1) is 10.4. The summed E-state index contributed by atoms with van der Waals surface area (Å²) in [6.07, 6.45) is 6.28. The van der Waals surface area contributed by atoms with Gasteiger partial charge < -0.3 is 4.74 Å². The predicted octanol–water partition coefficient (Wildman–Crippen LogP) is 4.10. The Kier molecular flexibility index (Phi) is 3.39. The maximum Gasteiger partial charge on any atom is 0.133 e. The molecule has 0 saturated heterocycles. The Bertz CT molecular complexity index is 323. The molecule has 1 fully saturated rings. The molecule has 0 amide bonds. The highest BCUT2D eigenvalue weighted by atomic mass is 79.9. The molecule has 0 aromatic heterocycles. The van der Waals surface area contributed by atoms with Crippen molar-refractivity contribution in [2.24, 2.45) is 0 Å². The van der Waals surface area contributed by atoms with Crippen molar-refractivity contribution in [2.45, 2.75) is 30.3 Å². The van der Waals surface area contributed by atoms with Crippen molar-refractivity contribution in [3.63, 3.8) is 0 Å². The first-order chi connectivity index (χ1) is 6.79. The van der Waals surface area contributed by atoms with E-state index < -0.39 is 0 Å². The molecule has 0 heterocycles. The zero-order chi connectivity index (χ0) is 9.97. The molecule has 0 radical (unpaired) electrons. The smallest absolute Gasteiger partial charge is 0.133 e. The molecule has 0 aliphatic heterocycles. The lowest BCUT2D eigenvalue weighted by Crippen LogP contribution is -2.24. The molecule has 76 valence electrons. The number of benzene rings is 1. The Labute approximate surface area is 97.4 Å². The van der Waals surface area contributed by atoms with Crippen molar-refractivity contribution >= 4 is 27.7 Å². The van der Waals surface area contributed by atoms with Crippen molar-refractivity contribution in [1.29, 1.82) is 0 Å². The summed E-state index contributed by atoms with van der Waals surface area (Å²) in [4.78, 5) is 1.21. The van der Waals surface area contributed by atoms with Gasteiger partial charge in [-0.15, -0.1) is 11.8 Å². The van der Waals surface area contributed by atoms with Crippen LogP contribution in [0.25, 0.3) is 0 Å². The number of rotatable bonds is 3. The van der Waals surface area contributed by atoms with E-state index in [4.69, 9.17) is 4.74 Å². The van der Waals surface area contributed by atoms with Crippen molar-refractivity contribution in [2.75, 3.05) is 6.26 Å². The van der Waals surface area contributed by atoms with Gasteiger partial charge in [-0.25, -0.2) is 0 Å². The average Bonchev–Trinajstić information content (AvgIpc) is 2.13. The van der Waals surface area contributed by atoms with Crippen molar-refractivity contribution in [1.82, 2.24) is 0 Å². The highest BCUT2D eigenvalue weighted by Crippen LogP contribution is 2.34. The minimum Gasteiger partial charge on any atom is -0.489 e. The first-order valence-electron chi connectivity index (χ1n) is 4.80. The van der Waals surface area contributed by atoms with E-state index in [0.29, 0.717) is 6.10 Å². The summed E-state index contributed by atoms with van der Waals surface area (Å²) in [6, 6.07) is 6.20. The fourth-order valence-corrected chi connectivity index (χ4v) is 2.48. The van der Waals surface area contributed by atoms with Gasteiger partial charge in [0.2, 0.25) is 0 Å². The highest BCUT2D eigenvalue weighted by Gasteiger charge is 2.20. The highest BCUT2D eigenvalue weighted by molar-refractivity contribution is 9.10. The van der Waals surface area contributed by atoms with Gasteiger partial charge in [-0.3, -0.25) is 0 Å². The number of ether oxygens (including phenoxy) is 1. The lowest BCUT2D eigenvalue weighted by Gasteiger charge is -2.27. The molecule has 14 heavy (non-hydrogen) atoms. The van der Waals surface area contributed by atoms with Crippen molar-refractivity contribution in [3.8, 4) is 5.75 Å². The standard InChI is InChI=1S/C11H13BrOS/c1-14-11-7-8(12)5-6-10(11)13-9-3-2-4-9/h5-7,9H,2-4H2,1H3. The van der Waals surface area contributed by atoms with Crippen LogP contribution in [0.15, 0.2) is 27.6 Å². The Morgan fingerprint density at radius 2 is 2.21 bits per heavy atom. The van der Waals surface area contributed by atoms with Gasteiger partial charge in [-0.2, -0.15) is 0 Å². The minimum atomic E-state index is 0.460. The third-order valence-electron chi connectivity index (χ3n) is 2.47. The van der Waals surface area contributed by atoms with Crippen LogP contribution in [-0.4, -0.2) is 12.4 Å². The first-order valence-corrected chi connectivity index (χ1v) is 6.81. The molecule has 0 bridgehead atoms. The van der Waals surface area contributed by atoms with Gasteiger partial charge in [0.25, 0.3) is 0 Å². The molecule has 3 heteroatoms. The number of thioether (sulfide) groups is 1. The largest absolute Gasteiger partial charge is 0.489 e. The third kappa shape index (κ3) is 2.26. The normalized spacial score (nSPS) is 16.4. The van der Waals surface area contributed by atoms with Crippen LogP contribution in [0.5, 0.6) is 5.75 Å². The molecule has 1 aromatic carbocycles. The van der Waals surface area contributed by atoms with E-state index in [9.17, 15) is 0 Å². The summed E-state index contributed by atoms with van der Waals surface area (Å²) >= 11 is 5.20. The van der Waals surface area contributed by atoms with E-state index in [0.717, 1.165) is 10.2 Å². The van der Waals surface area contributed by atoms with Gasteiger partial charge in [-0.1, -0.05) is 15.9 Å². The quantitative estimate of drug-likeness (QED) is 0.767. The second kappa shape index (κ2) is 4.58. The monoisotopic (exact) mass is 272 g/mol. The van der Waals surface area contributed by atoms with Crippen LogP contribution in [0.1, 0.15) is 19.3 Å². The Morgan fingerprint density at radius 3 is 2.79 bits per heavy atom. The summed E-state index contributed by atoms with van der Waals surface area (Å²) in [5.41, 5.74) is 0. The third-order valence-corrected chi connectivity index (χ3v) is 3.72. The van der Waals surface area contributed by atoms with Gasteiger partial charge in [0.05, 0.1) is 11.0 Å². The summed E-state index contributed by atoms with van der Waals surface area (Å²) in [5, 5.41) is 0. The average molecular weight is 273 g/mol. The summed E-state index contributed by atoms with van der Waals surface area (Å²) in [6.45, 7) is 0. The number of hydrogen-bond donors (Lipinski definition) is 0.